The zero-order valence-electron chi connectivity index (χ0n) is 7.84. The second-order valence-electron chi connectivity index (χ2n) is 2.90. The van der Waals surface area contributed by atoms with Crippen LogP contribution in [0.25, 0.3) is 0 Å². The van der Waals surface area contributed by atoms with E-state index in [1.54, 1.807) is 0 Å². The summed E-state index contributed by atoms with van der Waals surface area (Å²) in [6.45, 7) is 1.47. The van der Waals surface area contributed by atoms with E-state index in [-0.39, 0.29) is 0 Å². The summed E-state index contributed by atoms with van der Waals surface area (Å²) in [4.78, 5) is 9.53. The van der Waals surface area contributed by atoms with Crippen molar-refractivity contribution in [3.05, 3.63) is 32.8 Å². The molecular formula is C8H5ClF3NO3. The first kappa shape index (κ1) is 12.6. The molecule has 0 saturated heterocycles. The van der Waals surface area contributed by atoms with Crippen LogP contribution < -0.4 is 4.74 Å². The molecule has 0 amide bonds. The van der Waals surface area contributed by atoms with E-state index in [1.807, 2.05) is 0 Å². The van der Waals surface area contributed by atoms with E-state index in [4.69, 9.17) is 11.6 Å². The number of nitro groups is 1. The molecule has 0 saturated carbocycles. The molecule has 0 heterocycles. The Bertz CT molecular complexity index is 433. The zero-order valence-corrected chi connectivity index (χ0v) is 8.59. The minimum absolute atomic E-state index is 0.367. The summed E-state index contributed by atoms with van der Waals surface area (Å²) >= 11 is 5.46. The number of hydrogen-bond donors (Lipinski definition) is 0. The van der Waals surface area contributed by atoms with Gasteiger partial charge >= 0.3 is 12.0 Å². The number of nitrogens with zero attached hydrogens (tertiary/aromatic N) is 1. The predicted molar refractivity (Wildman–Crippen MR) is 49.5 cm³/mol. The molecule has 88 valence electrons. The van der Waals surface area contributed by atoms with Crippen molar-refractivity contribution in [3.8, 4) is 5.75 Å². The lowest BCUT2D eigenvalue weighted by Gasteiger charge is -2.10. The van der Waals surface area contributed by atoms with E-state index in [2.05, 4.69) is 4.74 Å². The predicted octanol–water partition coefficient (Wildman–Crippen LogP) is 3.46. The lowest BCUT2D eigenvalue weighted by molar-refractivity contribution is -0.388. The summed E-state index contributed by atoms with van der Waals surface area (Å²) in [6, 6.07) is 2.10. The topological polar surface area (TPSA) is 52.4 Å². The molecule has 0 spiro atoms. The monoisotopic (exact) mass is 255 g/mol. The summed E-state index contributed by atoms with van der Waals surface area (Å²) in [6.07, 6.45) is -5.02. The van der Waals surface area contributed by atoms with Gasteiger partial charge in [-0.2, -0.15) is 0 Å². The number of hydrogen-bond acceptors (Lipinski definition) is 3. The highest BCUT2D eigenvalue weighted by molar-refractivity contribution is 6.32. The van der Waals surface area contributed by atoms with Crippen molar-refractivity contribution in [2.45, 2.75) is 13.3 Å². The quantitative estimate of drug-likeness (QED) is 0.601. The van der Waals surface area contributed by atoms with Crippen molar-refractivity contribution in [2.75, 3.05) is 0 Å². The zero-order chi connectivity index (χ0) is 12.5. The average Bonchev–Trinajstić information content (AvgIpc) is 2.07. The van der Waals surface area contributed by atoms with Crippen LogP contribution in [0.4, 0.5) is 18.9 Å². The molecule has 1 aromatic carbocycles. The van der Waals surface area contributed by atoms with Crippen molar-refractivity contribution in [3.63, 3.8) is 0 Å². The SMILES string of the molecule is Cc1cc(Cl)c(OC(F)(F)F)c([N+](=O)[O-])c1. The fourth-order valence-electron chi connectivity index (χ4n) is 1.06. The Hall–Kier alpha value is -1.50. The van der Waals surface area contributed by atoms with Crippen molar-refractivity contribution in [1.29, 1.82) is 0 Å². The van der Waals surface area contributed by atoms with Crippen LogP contribution in [-0.2, 0) is 0 Å². The Balaban J connectivity index is 3.30. The first-order valence-electron chi connectivity index (χ1n) is 3.91. The summed E-state index contributed by atoms with van der Waals surface area (Å²) in [5.74, 6) is -0.996. The van der Waals surface area contributed by atoms with Crippen LogP contribution in [0.3, 0.4) is 0 Å². The van der Waals surface area contributed by atoms with Crippen LogP contribution in [0.15, 0.2) is 12.1 Å². The fourth-order valence-corrected chi connectivity index (χ4v) is 1.37. The molecule has 16 heavy (non-hydrogen) atoms. The molecule has 0 aliphatic heterocycles. The number of benzene rings is 1. The summed E-state index contributed by atoms with van der Waals surface area (Å²) in [7, 11) is 0. The number of nitro benzene ring substituents is 1. The van der Waals surface area contributed by atoms with Gasteiger partial charge in [0.05, 0.1) is 9.95 Å². The first-order valence-corrected chi connectivity index (χ1v) is 4.29. The Morgan fingerprint density at radius 1 is 1.44 bits per heavy atom. The van der Waals surface area contributed by atoms with Crippen LogP contribution >= 0.6 is 11.6 Å². The van der Waals surface area contributed by atoms with Gasteiger partial charge in [-0.05, 0) is 18.6 Å². The molecule has 0 bridgehead atoms. The van der Waals surface area contributed by atoms with Gasteiger partial charge in [-0.25, -0.2) is 0 Å². The van der Waals surface area contributed by atoms with Gasteiger partial charge in [0.2, 0.25) is 5.75 Å². The standard InChI is InChI=1S/C8H5ClF3NO3/c1-4-2-5(9)7(16-8(10,11)12)6(3-4)13(14)15/h2-3H,1H3. The van der Waals surface area contributed by atoms with Crippen molar-refractivity contribution in [1.82, 2.24) is 0 Å². The summed E-state index contributed by atoms with van der Waals surface area (Å²) in [5, 5.41) is 10.1. The normalized spacial score (nSPS) is 11.3. The van der Waals surface area contributed by atoms with E-state index in [0.29, 0.717) is 5.56 Å². The number of aryl methyl sites for hydroxylation is 1. The highest BCUT2D eigenvalue weighted by atomic mass is 35.5. The molecule has 0 unspecified atom stereocenters. The third-order valence-electron chi connectivity index (χ3n) is 1.58. The van der Waals surface area contributed by atoms with Gasteiger partial charge in [0, 0.05) is 6.07 Å². The summed E-state index contributed by atoms with van der Waals surface area (Å²) < 4.78 is 39.4. The number of ether oxygens (including phenoxy) is 1. The smallest absolute Gasteiger partial charge is 0.397 e. The van der Waals surface area contributed by atoms with Crippen molar-refractivity contribution < 1.29 is 22.8 Å². The minimum Gasteiger partial charge on any atom is -0.397 e. The number of rotatable bonds is 2. The molecule has 0 atom stereocenters. The van der Waals surface area contributed by atoms with E-state index in [9.17, 15) is 23.3 Å². The molecule has 4 nitrogen and oxygen atoms in total. The molecule has 0 aliphatic carbocycles. The van der Waals surface area contributed by atoms with Gasteiger partial charge < -0.3 is 4.74 Å². The van der Waals surface area contributed by atoms with Gasteiger partial charge in [-0.15, -0.1) is 13.2 Å². The molecule has 0 aromatic heterocycles. The Labute approximate surface area is 92.7 Å². The third-order valence-corrected chi connectivity index (χ3v) is 1.86. The van der Waals surface area contributed by atoms with Crippen LogP contribution in [0.2, 0.25) is 5.02 Å². The maximum Gasteiger partial charge on any atom is 0.573 e. The molecule has 8 heteroatoms. The maximum atomic E-state index is 12.0. The minimum atomic E-state index is -5.02. The number of alkyl halides is 3. The fraction of sp³-hybridized carbons (Fsp3) is 0.250. The Morgan fingerprint density at radius 2 is 2.00 bits per heavy atom. The molecule has 0 fully saturated rings. The average molecular weight is 256 g/mol. The van der Waals surface area contributed by atoms with Crippen LogP contribution in [-0.4, -0.2) is 11.3 Å². The largest absolute Gasteiger partial charge is 0.573 e. The van der Waals surface area contributed by atoms with Gasteiger partial charge in [-0.1, -0.05) is 11.6 Å². The maximum absolute atomic E-state index is 12.0. The molecule has 0 aliphatic rings. The van der Waals surface area contributed by atoms with E-state index < -0.39 is 27.7 Å². The van der Waals surface area contributed by atoms with E-state index in [1.165, 1.54) is 6.92 Å². The van der Waals surface area contributed by atoms with Gasteiger partial charge in [-0.3, -0.25) is 10.1 Å². The van der Waals surface area contributed by atoms with Crippen LogP contribution in [0.1, 0.15) is 5.56 Å². The Morgan fingerprint density at radius 3 is 2.44 bits per heavy atom. The Kier molecular flexibility index (Phi) is 3.27. The van der Waals surface area contributed by atoms with Crippen LogP contribution in [0, 0.1) is 17.0 Å². The lowest BCUT2D eigenvalue weighted by Crippen LogP contribution is -2.18. The van der Waals surface area contributed by atoms with Crippen LogP contribution in [0.5, 0.6) is 5.75 Å². The van der Waals surface area contributed by atoms with Crippen molar-refractivity contribution >= 4 is 17.3 Å². The highest BCUT2D eigenvalue weighted by Gasteiger charge is 2.35. The van der Waals surface area contributed by atoms with Gasteiger partial charge in [0.1, 0.15) is 0 Å². The number of halogens is 4. The lowest BCUT2D eigenvalue weighted by atomic mass is 10.2. The second kappa shape index (κ2) is 4.17. The molecular weight excluding hydrogens is 251 g/mol. The molecule has 0 radical (unpaired) electrons. The van der Waals surface area contributed by atoms with Crippen molar-refractivity contribution in [2.24, 2.45) is 0 Å². The highest BCUT2D eigenvalue weighted by Crippen LogP contribution is 2.39. The summed E-state index contributed by atoms with van der Waals surface area (Å²) in [5.41, 5.74) is -0.450. The second-order valence-corrected chi connectivity index (χ2v) is 3.31. The van der Waals surface area contributed by atoms with Gasteiger partial charge in [0.15, 0.2) is 0 Å². The first-order chi connectivity index (χ1) is 7.20. The molecule has 1 rings (SSSR count). The molecule has 0 N–H and O–H groups in total. The van der Waals surface area contributed by atoms with E-state index in [0.717, 1.165) is 12.1 Å². The molecule has 1 aromatic rings. The van der Waals surface area contributed by atoms with Gasteiger partial charge in [0.25, 0.3) is 0 Å². The van der Waals surface area contributed by atoms with E-state index >= 15 is 0 Å². The third kappa shape index (κ3) is 2.99.